The van der Waals surface area contributed by atoms with Gasteiger partial charge in [-0.1, -0.05) is 82.2 Å². The molecule has 1 fully saturated rings. The predicted molar refractivity (Wildman–Crippen MR) is 150 cm³/mol. The van der Waals surface area contributed by atoms with Gasteiger partial charge in [-0.05, 0) is 68.4 Å². The van der Waals surface area contributed by atoms with Crippen LogP contribution < -0.4 is 0 Å². The van der Waals surface area contributed by atoms with E-state index >= 15 is 0 Å². The molecule has 5 nitrogen and oxygen atoms in total. The second-order valence-electron chi connectivity index (χ2n) is 10.4. The minimum atomic E-state index is -0.613. The Morgan fingerprint density at radius 2 is 1.59 bits per heavy atom. The number of rotatable bonds is 16. The van der Waals surface area contributed by atoms with Crippen molar-refractivity contribution in [1.29, 1.82) is 0 Å². The molecule has 0 bridgehead atoms. The van der Waals surface area contributed by atoms with Gasteiger partial charge in [-0.15, -0.1) is 0 Å². The highest BCUT2D eigenvalue weighted by atomic mass is 16.5. The van der Waals surface area contributed by atoms with Gasteiger partial charge in [0.05, 0.1) is 25.4 Å². The molecule has 0 saturated heterocycles. The summed E-state index contributed by atoms with van der Waals surface area (Å²) in [7, 11) is 0. The Bertz CT molecular complexity index is 890. The molecule has 0 amide bonds. The molecule has 0 aliphatic heterocycles. The molecule has 1 N–H and O–H groups in total. The monoisotopic (exact) mass is 510 g/mol. The molecule has 1 aliphatic carbocycles. The molecular weight excluding hydrogens is 464 g/mol. The first-order valence-corrected chi connectivity index (χ1v) is 13.9. The van der Waals surface area contributed by atoms with Crippen LogP contribution in [0.1, 0.15) is 82.8 Å². The smallest absolute Gasteiger partial charge is 0.335 e. The minimum Gasteiger partial charge on any atom is -0.462 e. The third kappa shape index (κ3) is 11.5. The fraction of sp³-hybridized carbons (Fsp3) is 0.562. The maximum atomic E-state index is 12.0. The number of carbonyl (C=O) groups is 2. The van der Waals surface area contributed by atoms with E-state index in [9.17, 15) is 9.59 Å². The normalized spacial score (nSPS) is 18.4. The van der Waals surface area contributed by atoms with E-state index in [2.05, 4.69) is 56.5 Å². The lowest BCUT2D eigenvalue weighted by molar-refractivity contribution is -0.146. The topological polar surface area (TPSA) is 72.8 Å². The van der Waals surface area contributed by atoms with Crippen LogP contribution in [0.25, 0.3) is 6.08 Å². The van der Waals surface area contributed by atoms with Gasteiger partial charge >= 0.3 is 11.9 Å². The summed E-state index contributed by atoms with van der Waals surface area (Å²) in [6.07, 6.45) is 16.3. The quantitative estimate of drug-likeness (QED) is 0.150. The van der Waals surface area contributed by atoms with E-state index in [0.717, 1.165) is 32.1 Å². The molecule has 0 heterocycles. The lowest BCUT2D eigenvalue weighted by atomic mass is 9.76. The maximum absolute atomic E-state index is 12.0. The van der Waals surface area contributed by atoms with Crippen LogP contribution in [-0.4, -0.2) is 36.9 Å². The fourth-order valence-electron chi connectivity index (χ4n) is 4.76. The van der Waals surface area contributed by atoms with Gasteiger partial charge in [0.15, 0.2) is 0 Å². The van der Waals surface area contributed by atoms with Crippen LogP contribution in [0.4, 0.5) is 0 Å². The van der Waals surface area contributed by atoms with E-state index in [-0.39, 0.29) is 30.6 Å². The predicted octanol–water partition coefficient (Wildman–Crippen LogP) is 6.85. The van der Waals surface area contributed by atoms with Gasteiger partial charge in [-0.2, -0.15) is 0 Å². The molecule has 1 aromatic carbocycles. The first-order valence-electron chi connectivity index (χ1n) is 13.9. The molecule has 1 atom stereocenters. The molecule has 1 unspecified atom stereocenters. The van der Waals surface area contributed by atoms with Gasteiger partial charge in [0.2, 0.25) is 0 Å². The van der Waals surface area contributed by atoms with Crippen molar-refractivity contribution < 1.29 is 24.2 Å². The number of aryl methyl sites for hydroxylation is 1. The molecule has 5 heteroatoms. The standard InChI is InChI=1S/C32H46O5/c1-5-6-7-8-9-10-26-11-13-27(14-12-26)15-16-28-17-19-29(20-18-28)30(22-36-31(34)24(2)3)23-37-32(35)25(4)21-33/h11-16,28-30,33H,2,4-10,17-23H2,1,3H3/b16-15+. The number of aliphatic hydroxyl groups is 1. The molecule has 0 aromatic heterocycles. The van der Waals surface area contributed by atoms with Gasteiger partial charge in [0.25, 0.3) is 0 Å². The zero-order valence-electron chi connectivity index (χ0n) is 22.9. The lowest BCUT2D eigenvalue weighted by Gasteiger charge is -2.32. The summed E-state index contributed by atoms with van der Waals surface area (Å²) in [6.45, 7) is 10.9. The summed E-state index contributed by atoms with van der Waals surface area (Å²) < 4.78 is 10.8. The summed E-state index contributed by atoms with van der Waals surface area (Å²) in [5, 5.41) is 9.11. The van der Waals surface area contributed by atoms with Crippen molar-refractivity contribution in [3.05, 3.63) is 65.8 Å². The van der Waals surface area contributed by atoms with E-state index in [1.807, 2.05) is 0 Å². The van der Waals surface area contributed by atoms with E-state index in [0.29, 0.717) is 11.5 Å². The SMILES string of the molecule is C=C(C)C(=O)OCC(COC(=O)C(=C)CO)C1CCC(/C=C/c2ccc(CCCCCCC)cc2)CC1. The van der Waals surface area contributed by atoms with Crippen molar-refractivity contribution in [3.8, 4) is 0 Å². The summed E-state index contributed by atoms with van der Waals surface area (Å²) in [5.74, 6) is -0.356. The molecule has 2 rings (SSSR count). The lowest BCUT2D eigenvalue weighted by Crippen LogP contribution is -2.30. The van der Waals surface area contributed by atoms with Gasteiger partial charge in [0, 0.05) is 11.5 Å². The molecule has 204 valence electrons. The van der Waals surface area contributed by atoms with Crippen molar-refractivity contribution in [2.75, 3.05) is 19.8 Å². The highest BCUT2D eigenvalue weighted by Crippen LogP contribution is 2.35. The van der Waals surface area contributed by atoms with Gasteiger partial charge in [-0.25, -0.2) is 9.59 Å². The zero-order chi connectivity index (χ0) is 27.0. The van der Waals surface area contributed by atoms with Gasteiger partial charge < -0.3 is 14.6 Å². The Labute approximate surface area is 223 Å². The van der Waals surface area contributed by atoms with Crippen molar-refractivity contribution in [1.82, 2.24) is 0 Å². The van der Waals surface area contributed by atoms with Crippen LogP contribution in [0.3, 0.4) is 0 Å². The second kappa shape index (κ2) is 17.0. The van der Waals surface area contributed by atoms with Crippen LogP contribution in [0.5, 0.6) is 0 Å². The molecule has 1 aliphatic rings. The van der Waals surface area contributed by atoms with Crippen molar-refractivity contribution in [2.45, 2.75) is 78.1 Å². The molecule has 1 saturated carbocycles. The number of allylic oxidation sites excluding steroid dienone is 1. The maximum Gasteiger partial charge on any atom is 0.335 e. The highest BCUT2D eigenvalue weighted by molar-refractivity contribution is 5.88. The fourth-order valence-corrected chi connectivity index (χ4v) is 4.76. The van der Waals surface area contributed by atoms with Crippen LogP contribution in [0.2, 0.25) is 0 Å². The number of unbranched alkanes of at least 4 members (excludes halogenated alkanes) is 4. The van der Waals surface area contributed by atoms with E-state index < -0.39 is 18.5 Å². The van der Waals surface area contributed by atoms with Crippen molar-refractivity contribution in [3.63, 3.8) is 0 Å². The van der Waals surface area contributed by atoms with Crippen LogP contribution >= 0.6 is 0 Å². The number of carbonyl (C=O) groups excluding carboxylic acids is 2. The van der Waals surface area contributed by atoms with E-state index in [4.69, 9.17) is 14.6 Å². The van der Waals surface area contributed by atoms with Crippen molar-refractivity contribution >= 4 is 18.0 Å². The largest absolute Gasteiger partial charge is 0.462 e. The van der Waals surface area contributed by atoms with Crippen molar-refractivity contribution in [2.24, 2.45) is 17.8 Å². The molecule has 0 spiro atoms. The summed E-state index contributed by atoms with van der Waals surface area (Å²) in [4.78, 5) is 23.9. The number of hydrogen-bond acceptors (Lipinski definition) is 5. The zero-order valence-corrected chi connectivity index (χ0v) is 22.9. The van der Waals surface area contributed by atoms with Crippen LogP contribution in [0, 0.1) is 17.8 Å². The number of hydrogen-bond donors (Lipinski definition) is 1. The summed E-state index contributed by atoms with van der Waals surface area (Å²) in [6, 6.07) is 8.92. The molecule has 1 aromatic rings. The highest BCUT2D eigenvalue weighted by Gasteiger charge is 2.29. The van der Waals surface area contributed by atoms with E-state index in [1.54, 1.807) is 6.92 Å². The Morgan fingerprint density at radius 3 is 2.19 bits per heavy atom. The molecule has 37 heavy (non-hydrogen) atoms. The number of esters is 2. The molecular formula is C32H46O5. The summed E-state index contributed by atoms with van der Waals surface area (Å²) in [5.41, 5.74) is 3.01. The van der Waals surface area contributed by atoms with Crippen LogP contribution in [0.15, 0.2) is 54.6 Å². The van der Waals surface area contributed by atoms with Crippen LogP contribution in [-0.2, 0) is 25.5 Å². The third-order valence-electron chi connectivity index (χ3n) is 7.28. The van der Waals surface area contributed by atoms with Gasteiger partial charge in [-0.3, -0.25) is 0 Å². The first-order chi connectivity index (χ1) is 17.8. The Balaban J connectivity index is 1.84. The molecule has 0 radical (unpaired) electrons. The van der Waals surface area contributed by atoms with E-state index in [1.165, 1.54) is 43.2 Å². The average molecular weight is 511 g/mol. The Hall–Kier alpha value is -2.66. The Morgan fingerprint density at radius 1 is 0.973 bits per heavy atom. The summed E-state index contributed by atoms with van der Waals surface area (Å²) >= 11 is 0. The number of ether oxygens (including phenoxy) is 2. The minimum absolute atomic E-state index is 0.0199. The van der Waals surface area contributed by atoms with Gasteiger partial charge in [0.1, 0.15) is 0 Å². The number of aliphatic hydroxyl groups excluding tert-OH is 1. The number of benzene rings is 1. The Kier molecular flexibility index (Phi) is 14.0. The first kappa shape index (κ1) is 30.6. The third-order valence-corrected chi connectivity index (χ3v) is 7.28. The average Bonchev–Trinajstić information content (AvgIpc) is 2.92. The second-order valence-corrected chi connectivity index (χ2v) is 10.4.